The molecule has 0 aliphatic carbocycles. The number of non-ortho nitro benzene ring substituents is 1. The third-order valence-electron chi connectivity index (χ3n) is 6.77. The van der Waals surface area contributed by atoms with Crippen molar-refractivity contribution >= 4 is 29.3 Å². The fourth-order valence-electron chi connectivity index (χ4n) is 4.73. The van der Waals surface area contributed by atoms with Crippen LogP contribution in [0.25, 0.3) is 0 Å². The maximum absolute atomic E-state index is 13.3. The largest absolute Gasteiger partial charge is 0.493 e. The lowest BCUT2D eigenvalue weighted by Crippen LogP contribution is -2.36. The molecule has 0 aromatic heterocycles. The molecule has 3 rings (SSSR count). The fourth-order valence-corrected chi connectivity index (χ4v) is 4.73. The number of hydrogen-bond donors (Lipinski definition) is 0. The number of rotatable bonds is 14. The summed E-state index contributed by atoms with van der Waals surface area (Å²) in [5.41, 5.74) is 2.20. The minimum absolute atomic E-state index is 0.0457. The van der Waals surface area contributed by atoms with Gasteiger partial charge in [-0.2, -0.15) is 0 Å². The van der Waals surface area contributed by atoms with Gasteiger partial charge in [0.2, 0.25) is 0 Å². The highest BCUT2D eigenvalue weighted by molar-refractivity contribution is 6.07. The van der Waals surface area contributed by atoms with Gasteiger partial charge in [-0.05, 0) is 43.5 Å². The van der Waals surface area contributed by atoms with Crippen molar-refractivity contribution in [1.29, 1.82) is 0 Å². The number of nitrogens with zero attached hydrogens (tertiary/aromatic N) is 2. The molecule has 0 bridgehead atoms. The Labute approximate surface area is 244 Å². The van der Waals surface area contributed by atoms with Crippen molar-refractivity contribution in [3.05, 3.63) is 81.0 Å². The Hall–Kier alpha value is -4.54. The second-order valence-electron chi connectivity index (χ2n) is 9.79. The Balaban J connectivity index is 1.60. The Bertz CT molecular complexity index is 1350. The summed E-state index contributed by atoms with van der Waals surface area (Å²) in [5.74, 6) is -2.64. The van der Waals surface area contributed by atoms with Crippen LogP contribution in [-0.2, 0) is 35.0 Å². The molecule has 2 aromatic rings. The molecule has 2 aromatic carbocycles. The smallest absolute Gasteiger partial charge is 0.336 e. The molecule has 0 N–H and O–H groups in total. The summed E-state index contributed by atoms with van der Waals surface area (Å²) < 4.78 is 21.5. The van der Waals surface area contributed by atoms with E-state index < -0.39 is 28.7 Å². The molecule has 1 aliphatic rings. The lowest BCUT2D eigenvalue weighted by Gasteiger charge is -2.31. The van der Waals surface area contributed by atoms with E-state index in [9.17, 15) is 24.5 Å². The summed E-state index contributed by atoms with van der Waals surface area (Å²) in [5, 5.41) is 11.4. The van der Waals surface area contributed by atoms with Crippen LogP contribution >= 0.6 is 0 Å². The summed E-state index contributed by atoms with van der Waals surface area (Å²) >= 11 is 0. The molecule has 0 saturated heterocycles. The van der Waals surface area contributed by atoms with Crippen LogP contribution in [-0.4, -0.2) is 55.5 Å². The van der Waals surface area contributed by atoms with Gasteiger partial charge in [-0.15, -0.1) is 0 Å². The average Bonchev–Trinajstić information content (AvgIpc) is 2.97. The van der Waals surface area contributed by atoms with Gasteiger partial charge in [0, 0.05) is 48.7 Å². The van der Waals surface area contributed by atoms with E-state index in [1.807, 2.05) is 31.2 Å². The minimum atomic E-state index is -0.946. The van der Waals surface area contributed by atoms with E-state index in [0.717, 1.165) is 12.0 Å². The van der Waals surface area contributed by atoms with Gasteiger partial charge in [-0.3, -0.25) is 24.7 Å². The van der Waals surface area contributed by atoms with E-state index >= 15 is 0 Å². The van der Waals surface area contributed by atoms with Crippen molar-refractivity contribution in [3.63, 3.8) is 0 Å². The summed E-state index contributed by atoms with van der Waals surface area (Å²) in [6, 6.07) is 13.3. The van der Waals surface area contributed by atoms with Crippen molar-refractivity contribution < 1.29 is 38.3 Å². The number of benzene rings is 2. The van der Waals surface area contributed by atoms with Gasteiger partial charge < -0.3 is 18.9 Å². The van der Waals surface area contributed by atoms with Gasteiger partial charge in [0.05, 0.1) is 37.4 Å². The number of allylic oxidation sites excluding steroid dienone is 1. The number of esters is 3. The maximum atomic E-state index is 13.3. The molecule has 0 fully saturated rings. The molecule has 0 spiro atoms. The van der Waals surface area contributed by atoms with Crippen molar-refractivity contribution in [3.8, 4) is 5.75 Å². The molecule has 11 nitrogen and oxygen atoms in total. The Kier molecular flexibility index (Phi) is 11.8. The van der Waals surface area contributed by atoms with E-state index in [-0.39, 0.29) is 30.4 Å². The van der Waals surface area contributed by atoms with E-state index in [2.05, 4.69) is 4.99 Å². The molecule has 224 valence electrons. The van der Waals surface area contributed by atoms with Crippen LogP contribution in [0.3, 0.4) is 0 Å². The maximum Gasteiger partial charge on any atom is 0.336 e. The van der Waals surface area contributed by atoms with Crippen molar-refractivity contribution in [1.82, 2.24) is 0 Å². The third-order valence-corrected chi connectivity index (χ3v) is 6.77. The van der Waals surface area contributed by atoms with Gasteiger partial charge in [0.25, 0.3) is 5.69 Å². The number of ether oxygens (including phenoxy) is 4. The number of methoxy groups -OCH3 is 1. The van der Waals surface area contributed by atoms with Gasteiger partial charge >= 0.3 is 17.9 Å². The van der Waals surface area contributed by atoms with Gasteiger partial charge in [0.15, 0.2) is 0 Å². The standard InChI is InChI=1S/C31H36N2O9/c1-5-8-26(34)41-18-15-22-11-13-25(14-12-22)40-16-7-17-42-31(36)28-21(3)32-20(2)27(30(35)39-4)29(28)23-9-6-10-24(19-23)33(37)38/h6,9-14,19,27,29H,5,7-8,15-18H2,1-4H3. The van der Waals surface area contributed by atoms with Crippen LogP contribution in [0, 0.1) is 16.0 Å². The minimum Gasteiger partial charge on any atom is -0.493 e. The number of carbonyl (C=O) groups excluding carboxylic acids is 3. The molecule has 0 radical (unpaired) electrons. The highest BCUT2D eigenvalue weighted by Crippen LogP contribution is 2.41. The molecule has 2 unspecified atom stereocenters. The van der Waals surface area contributed by atoms with Gasteiger partial charge in [-0.25, -0.2) is 4.79 Å². The molecular weight excluding hydrogens is 544 g/mol. The molecule has 42 heavy (non-hydrogen) atoms. The molecule has 2 atom stereocenters. The number of nitro benzene ring substituents is 1. The molecule has 0 saturated carbocycles. The first-order valence-electron chi connectivity index (χ1n) is 13.8. The van der Waals surface area contributed by atoms with Crippen molar-refractivity contribution in [2.24, 2.45) is 10.9 Å². The first-order chi connectivity index (χ1) is 20.2. The predicted octanol–water partition coefficient (Wildman–Crippen LogP) is 5.11. The summed E-state index contributed by atoms with van der Waals surface area (Å²) in [6.45, 7) is 5.88. The number of hydrogen-bond acceptors (Lipinski definition) is 10. The van der Waals surface area contributed by atoms with Crippen LogP contribution in [0.5, 0.6) is 5.75 Å². The molecule has 1 aliphatic heterocycles. The van der Waals surface area contributed by atoms with E-state index in [1.54, 1.807) is 19.9 Å². The van der Waals surface area contributed by atoms with Crippen LogP contribution in [0.2, 0.25) is 0 Å². The first-order valence-corrected chi connectivity index (χ1v) is 13.8. The number of aliphatic imine (C=N–C) groups is 1. The van der Waals surface area contributed by atoms with E-state index in [4.69, 9.17) is 18.9 Å². The highest BCUT2D eigenvalue weighted by atomic mass is 16.6. The van der Waals surface area contributed by atoms with Crippen LogP contribution in [0.1, 0.15) is 57.1 Å². The molecule has 1 heterocycles. The van der Waals surface area contributed by atoms with Crippen LogP contribution in [0.4, 0.5) is 5.69 Å². The van der Waals surface area contributed by atoms with E-state index in [1.165, 1.54) is 25.3 Å². The Morgan fingerprint density at radius 1 is 1.00 bits per heavy atom. The Morgan fingerprint density at radius 2 is 1.74 bits per heavy atom. The Morgan fingerprint density at radius 3 is 2.40 bits per heavy atom. The highest BCUT2D eigenvalue weighted by Gasteiger charge is 2.42. The second kappa shape index (κ2) is 15.5. The van der Waals surface area contributed by atoms with Crippen LogP contribution in [0.15, 0.2) is 64.8 Å². The van der Waals surface area contributed by atoms with Gasteiger partial charge in [0.1, 0.15) is 11.7 Å². The zero-order chi connectivity index (χ0) is 30.6. The normalized spacial score (nSPS) is 16.3. The number of nitro groups is 1. The van der Waals surface area contributed by atoms with Gasteiger partial charge in [-0.1, -0.05) is 31.2 Å². The van der Waals surface area contributed by atoms with Crippen molar-refractivity contribution in [2.75, 3.05) is 26.9 Å². The summed E-state index contributed by atoms with van der Waals surface area (Å²) in [7, 11) is 1.24. The second-order valence-corrected chi connectivity index (χ2v) is 9.79. The van der Waals surface area contributed by atoms with Crippen LogP contribution < -0.4 is 4.74 Å². The van der Waals surface area contributed by atoms with E-state index in [0.29, 0.717) is 48.6 Å². The molecule has 11 heteroatoms. The lowest BCUT2D eigenvalue weighted by atomic mass is 9.75. The predicted molar refractivity (Wildman–Crippen MR) is 154 cm³/mol. The monoisotopic (exact) mass is 580 g/mol. The quantitative estimate of drug-likeness (QED) is 0.0978. The summed E-state index contributed by atoms with van der Waals surface area (Å²) in [6.07, 6.45) is 2.18. The van der Waals surface area contributed by atoms with Crippen molar-refractivity contribution in [2.45, 2.75) is 52.4 Å². The fraction of sp³-hybridized carbons (Fsp3) is 0.419. The third kappa shape index (κ3) is 8.48. The average molecular weight is 581 g/mol. The zero-order valence-electron chi connectivity index (χ0n) is 24.3. The molecular formula is C31H36N2O9. The summed E-state index contributed by atoms with van der Waals surface area (Å²) in [4.78, 5) is 52.8. The topological polar surface area (TPSA) is 144 Å². The lowest BCUT2D eigenvalue weighted by molar-refractivity contribution is -0.384. The number of carbonyl (C=O) groups is 3. The first kappa shape index (κ1) is 32.0. The zero-order valence-corrected chi connectivity index (χ0v) is 24.3. The molecule has 0 amide bonds. The SMILES string of the molecule is CCCC(=O)OCCc1ccc(OCCCOC(=O)C2=C(C)N=C(C)C(C(=O)OC)C2c2cccc([N+](=O)[O-])c2)cc1.